The van der Waals surface area contributed by atoms with Gasteiger partial charge in [0.15, 0.2) is 5.82 Å². The zero-order chi connectivity index (χ0) is 17.5. The van der Waals surface area contributed by atoms with E-state index in [0.717, 1.165) is 42.8 Å². The van der Waals surface area contributed by atoms with Crippen molar-refractivity contribution in [2.75, 3.05) is 6.61 Å². The van der Waals surface area contributed by atoms with Gasteiger partial charge < -0.3 is 10.1 Å². The van der Waals surface area contributed by atoms with Crippen molar-refractivity contribution in [2.45, 2.75) is 51.2 Å². The van der Waals surface area contributed by atoms with Crippen molar-refractivity contribution >= 4 is 5.91 Å². The lowest BCUT2D eigenvalue weighted by Gasteiger charge is -2.32. The van der Waals surface area contributed by atoms with Crippen molar-refractivity contribution in [2.24, 2.45) is 0 Å². The van der Waals surface area contributed by atoms with Crippen LogP contribution < -0.4 is 5.32 Å². The summed E-state index contributed by atoms with van der Waals surface area (Å²) >= 11 is 0. The van der Waals surface area contributed by atoms with E-state index in [-0.39, 0.29) is 11.5 Å². The number of aromatic nitrogens is 3. The fraction of sp³-hybridized carbons (Fsp3) is 0.474. The maximum atomic E-state index is 12.0. The van der Waals surface area contributed by atoms with E-state index < -0.39 is 0 Å². The molecule has 1 N–H and O–H groups in total. The first-order valence-corrected chi connectivity index (χ1v) is 8.77. The van der Waals surface area contributed by atoms with Gasteiger partial charge in [0.05, 0.1) is 0 Å². The van der Waals surface area contributed by atoms with E-state index in [9.17, 15) is 4.79 Å². The Morgan fingerprint density at radius 2 is 2.08 bits per heavy atom. The summed E-state index contributed by atoms with van der Waals surface area (Å²) in [6, 6.07) is 3.85. The maximum Gasteiger partial charge on any atom is 0.220 e. The van der Waals surface area contributed by atoms with E-state index in [1.165, 1.54) is 0 Å². The van der Waals surface area contributed by atoms with Crippen LogP contribution in [0.25, 0.3) is 0 Å². The molecule has 0 unspecified atom stereocenters. The lowest BCUT2D eigenvalue weighted by Crippen LogP contribution is -2.32. The van der Waals surface area contributed by atoms with Crippen LogP contribution in [0.2, 0.25) is 0 Å². The predicted molar refractivity (Wildman–Crippen MR) is 93.6 cm³/mol. The second-order valence-corrected chi connectivity index (χ2v) is 6.59. The number of rotatable bonds is 6. The van der Waals surface area contributed by atoms with Crippen LogP contribution in [0.4, 0.5) is 0 Å². The summed E-state index contributed by atoms with van der Waals surface area (Å²) in [5.41, 5.74) is 1.56. The topological polar surface area (TPSA) is 77.0 Å². The van der Waals surface area contributed by atoms with Crippen molar-refractivity contribution in [1.82, 2.24) is 20.3 Å². The van der Waals surface area contributed by atoms with Crippen LogP contribution in [-0.4, -0.2) is 27.5 Å². The maximum absolute atomic E-state index is 12.0. The highest BCUT2D eigenvalue weighted by Gasteiger charge is 2.32. The van der Waals surface area contributed by atoms with E-state index in [4.69, 9.17) is 4.74 Å². The molecule has 2 aromatic rings. The van der Waals surface area contributed by atoms with Crippen molar-refractivity contribution < 1.29 is 9.53 Å². The molecule has 3 rings (SSSR count). The van der Waals surface area contributed by atoms with Gasteiger partial charge in [-0.25, -0.2) is 9.97 Å². The summed E-state index contributed by atoms with van der Waals surface area (Å²) in [4.78, 5) is 24.9. The number of nitrogens with zero attached hydrogens (tertiary/aromatic N) is 3. The van der Waals surface area contributed by atoms with Crippen molar-refractivity contribution in [1.29, 1.82) is 0 Å². The average molecular weight is 340 g/mol. The molecule has 0 radical (unpaired) electrons. The Labute approximate surface area is 148 Å². The number of amides is 1. The largest absolute Gasteiger partial charge is 0.367 e. The first-order chi connectivity index (χ1) is 12.2. The highest BCUT2D eigenvalue weighted by atomic mass is 16.5. The van der Waals surface area contributed by atoms with Gasteiger partial charge in [0, 0.05) is 49.9 Å². The summed E-state index contributed by atoms with van der Waals surface area (Å²) < 4.78 is 5.86. The van der Waals surface area contributed by atoms with Crippen LogP contribution in [0.1, 0.15) is 49.6 Å². The third kappa shape index (κ3) is 4.82. The molecule has 1 amide bonds. The second kappa shape index (κ2) is 8.16. The molecule has 25 heavy (non-hydrogen) atoms. The second-order valence-electron chi connectivity index (χ2n) is 6.59. The SMILES string of the molecule is C[C@]1(c2ncc(CNC(=O)CCc3cccnc3)cn2)CCCCO1. The average Bonchev–Trinajstić information content (AvgIpc) is 2.66. The standard InChI is InChI=1S/C19H24N4O2/c1-19(8-2-3-10-25-19)18-22-13-16(14-23-18)12-21-17(24)7-6-15-5-4-9-20-11-15/h4-5,9,11,13-14H,2-3,6-8,10,12H2,1H3,(H,21,24)/t19-/m1/s1. The molecule has 6 heteroatoms. The highest BCUT2D eigenvalue weighted by molar-refractivity contribution is 5.76. The number of nitrogens with one attached hydrogen (secondary N) is 1. The van der Waals surface area contributed by atoms with Crippen LogP contribution in [-0.2, 0) is 28.1 Å². The Bertz CT molecular complexity index is 682. The summed E-state index contributed by atoms with van der Waals surface area (Å²) in [6.07, 6.45) is 11.4. The minimum atomic E-state index is -0.385. The van der Waals surface area contributed by atoms with Crippen molar-refractivity contribution in [3.8, 4) is 0 Å². The molecule has 1 aliphatic rings. The zero-order valence-corrected chi connectivity index (χ0v) is 14.6. The quantitative estimate of drug-likeness (QED) is 0.874. The Kier molecular flexibility index (Phi) is 5.71. The monoisotopic (exact) mass is 340 g/mol. The summed E-state index contributed by atoms with van der Waals surface area (Å²) in [5.74, 6) is 0.731. The van der Waals surface area contributed by atoms with Gasteiger partial charge >= 0.3 is 0 Å². The van der Waals surface area contributed by atoms with E-state index in [1.807, 2.05) is 19.1 Å². The third-order valence-electron chi connectivity index (χ3n) is 4.50. The van der Waals surface area contributed by atoms with Gasteiger partial charge in [-0.1, -0.05) is 6.07 Å². The predicted octanol–water partition coefficient (Wildman–Crippen LogP) is 2.54. The fourth-order valence-electron chi connectivity index (χ4n) is 2.92. The zero-order valence-electron chi connectivity index (χ0n) is 14.6. The van der Waals surface area contributed by atoms with Gasteiger partial charge in [-0.15, -0.1) is 0 Å². The first kappa shape index (κ1) is 17.5. The molecule has 1 atom stereocenters. The van der Waals surface area contributed by atoms with Crippen LogP contribution in [0.15, 0.2) is 36.9 Å². The van der Waals surface area contributed by atoms with Crippen LogP contribution in [0.5, 0.6) is 0 Å². The van der Waals surface area contributed by atoms with Crippen LogP contribution >= 0.6 is 0 Å². The van der Waals surface area contributed by atoms with Gasteiger partial charge in [-0.3, -0.25) is 9.78 Å². The number of carbonyl (C=O) groups is 1. The molecule has 3 heterocycles. The highest BCUT2D eigenvalue weighted by Crippen LogP contribution is 2.32. The Morgan fingerprint density at radius 1 is 1.24 bits per heavy atom. The number of hydrogen-bond acceptors (Lipinski definition) is 5. The molecule has 0 saturated carbocycles. The van der Waals surface area contributed by atoms with E-state index in [2.05, 4.69) is 20.3 Å². The van der Waals surface area contributed by atoms with Gasteiger partial charge in [0.2, 0.25) is 5.91 Å². The number of pyridine rings is 1. The molecular formula is C19H24N4O2. The molecular weight excluding hydrogens is 316 g/mol. The molecule has 0 spiro atoms. The number of hydrogen-bond donors (Lipinski definition) is 1. The molecule has 0 bridgehead atoms. The molecule has 2 aromatic heterocycles. The molecule has 1 saturated heterocycles. The van der Waals surface area contributed by atoms with Gasteiger partial charge in [-0.2, -0.15) is 0 Å². The molecule has 1 fully saturated rings. The van der Waals surface area contributed by atoms with Crippen molar-refractivity contribution in [3.05, 3.63) is 53.9 Å². The Hall–Kier alpha value is -2.34. The molecule has 6 nitrogen and oxygen atoms in total. The molecule has 0 aromatic carbocycles. The minimum absolute atomic E-state index is 0.00973. The summed E-state index contributed by atoms with van der Waals surface area (Å²) in [5, 5.41) is 2.91. The van der Waals surface area contributed by atoms with Crippen LogP contribution in [0.3, 0.4) is 0 Å². The normalized spacial score (nSPS) is 20.2. The lowest BCUT2D eigenvalue weighted by molar-refractivity contribution is -0.121. The van der Waals surface area contributed by atoms with E-state index in [1.54, 1.807) is 24.8 Å². The molecule has 132 valence electrons. The third-order valence-corrected chi connectivity index (χ3v) is 4.50. The summed E-state index contributed by atoms with van der Waals surface area (Å²) in [7, 11) is 0. The Morgan fingerprint density at radius 3 is 2.76 bits per heavy atom. The molecule has 0 aliphatic carbocycles. The van der Waals surface area contributed by atoms with E-state index >= 15 is 0 Å². The van der Waals surface area contributed by atoms with E-state index in [0.29, 0.717) is 19.4 Å². The van der Waals surface area contributed by atoms with Gasteiger partial charge in [-0.05, 0) is 44.2 Å². The van der Waals surface area contributed by atoms with Crippen molar-refractivity contribution in [3.63, 3.8) is 0 Å². The van der Waals surface area contributed by atoms with Crippen LogP contribution in [0, 0.1) is 0 Å². The smallest absolute Gasteiger partial charge is 0.220 e. The Balaban J connectivity index is 1.47. The lowest BCUT2D eigenvalue weighted by atomic mass is 9.95. The van der Waals surface area contributed by atoms with Gasteiger partial charge in [0.25, 0.3) is 0 Å². The minimum Gasteiger partial charge on any atom is -0.367 e. The fourth-order valence-corrected chi connectivity index (χ4v) is 2.92. The first-order valence-electron chi connectivity index (χ1n) is 8.77. The number of ether oxygens (including phenoxy) is 1. The summed E-state index contributed by atoms with van der Waals surface area (Å²) in [6.45, 7) is 3.24. The van der Waals surface area contributed by atoms with Gasteiger partial charge in [0.1, 0.15) is 5.60 Å². The number of aryl methyl sites for hydroxylation is 1. The number of carbonyl (C=O) groups excluding carboxylic acids is 1. The molecule has 1 aliphatic heterocycles.